The molecule has 26 heavy (non-hydrogen) atoms. The maximum Gasteiger partial charge on any atom is 0.358 e. The molecule has 0 amide bonds. The van der Waals surface area contributed by atoms with Crippen LogP contribution in [-0.4, -0.2) is 28.1 Å². The van der Waals surface area contributed by atoms with Gasteiger partial charge in [0, 0.05) is 25.0 Å². The summed E-state index contributed by atoms with van der Waals surface area (Å²) in [7, 11) is 0. The SMILES string of the molecule is CCOC(=O)c1cc(C2C(C#N)=C(N)OC3=C2C(=O)CCC3)n(CC)n1. The van der Waals surface area contributed by atoms with Crippen molar-refractivity contribution >= 4 is 11.8 Å². The lowest BCUT2D eigenvalue weighted by molar-refractivity contribution is -0.116. The van der Waals surface area contributed by atoms with Crippen molar-refractivity contribution in [2.45, 2.75) is 45.6 Å². The third-order valence-electron chi connectivity index (χ3n) is 4.50. The topological polar surface area (TPSA) is 120 Å². The van der Waals surface area contributed by atoms with Gasteiger partial charge in [0.25, 0.3) is 0 Å². The Bertz CT molecular complexity index is 872. The van der Waals surface area contributed by atoms with Crippen LogP contribution in [0, 0.1) is 11.3 Å². The molecule has 2 aliphatic rings. The number of nitrogens with zero attached hydrogens (tertiary/aromatic N) is 3. The number of esters is 1. The van der Waals surface area contributed by atoms with Crippen LogP contribution in [0.5, 0.6) is 0 Å². The number of nitrogens with two attached hydrogens (primary N) is 1. The van der Waals surface area contributed by atoms with Crippen LogP contribution in [0.15, 0.2) is 28.9 Å². The number of hydrogen-bond acceptors (Lipinski definition) is 7. The number of allylic oxidation sites excluding steroid dienone is 3. The first-order chi connectivity index (χ1) is 12.5. The third-order valence-corrected chi connectivity index (χ3v) is 4.50. The molecule has 3 rings (SSSR count). The lowest BCUT2D eigenvalue weighted by Gasteiger charge is -2.30. The normalized spacial score (nSPS) is 19.7. The molecule has 1 unspecified atom stereocenters. The standard InChI is InChI=1S/C18H20N4O4/c1-3-22-12(8-11(21-22)18(24)25-4-2)15-10(9-19)17(20)26-14-7-5-6-13(23)16(14)15/h8,15H,3-7,20H2,1-2H3. The Morgan fingerprint density at radius 3 is 2.92 bits per heavy atom. The second kappa shape index (κ2) is 7.04. The van der Waals surface area contributed by atoms with E-state index in [4.69, 9.17) is 15.2 Å². The summed E-state index contributed by atoms with van der Waals surface area (Å²) in [5.41, 5.74) is 7.23. The number of aryl methyl sites for hydroxylation is 1. The van der Waals surface area contributed by atoms with E-state index in [2.05, 4.69) is 11.2 Å². The van der Waals surface area contributed by atoms with Gasteiger partial charge >= 0.3 is 5.97 Å². The molecule has 2 heterocycles. The Labute approximate surface area is 150 Å². The molecule has 2 N–H and O–H groups in total. The van der Waals surface area contributed by atoms with Gasteiger partial charge in [-0.15, -0.1) is 0 Å². The zero-order chi connectivity index (χ0) is 18.8. The Balaban J connectivity index is 2.16. The van der Waals surface area contributed by atoms with Crippen molar-refractivity contribution in [3.63, 3.8) is 0 Å². The average molecular weight is 356 g/mol. The Morgan fingerprint density at radius 1 is 1.50 bits per heavy atom. The molecule has 1 aliphatic carbocycles. The van der Waals surface area contributed by atoms with Crippen molar-refractivity contribution in [2.24, 2.45) is 5.73 Å². The first-order valence-electron chi connectivity index (χ1n) is 8.60. The molecule has 0 radical (unpaired) electrons. The quantitative estimate of drug-likeness (QED) is 0.818. The fraction of sp³-hybridized carbons (Fsp3) is 0.444. The lowest BCUT2D eigenvalue weighted by atomic mass is 9.79. The summed E-state index contributed by atoms with van der Waals surface area (Å²) in [6.07, 6.45) is 1.66. The van der Waals surface area contributed by atoms with Crippen molar-refractivity contribution in [1.29, 1.82) is 5.26 Å². The number of hydrogen-bond donors (Lipinski definition) is 1. The van der Waals surface area contributed by atoms with Gasteiger partial charge in [0.2, 0.25) is 5.88 Å². The van der Waals surface area contributed by atoms with Crippen LogP contribution in [0.1, 0.15) is 55.2 Å². The van der Waals surface area contributed by atoms with Crippen LogP contribution in [0.3, 0.4) is 0 Å². The van der Waals surface area contributed by atoms with Gasteiger partial charge in [-0.25, -0.2) is 4.79 Å². The second-order valence-electron chi connectivity index (χ2n) is 6.03. The van der Waals surface area contributed by atoms with Crippen molar-refractivity contribution in [1.82, 2.24) is 9.78 Å². The zero-order valence-electron chi connectivity index (χ0n) is 14.7. The van der Waals surface area contributed by atoms with Gasteiger partial charge in [-0.3, -0.25) is 9.48 Å². The van der Waals surface area contributed by atoms with Gasteiger partial charge in [-0.05, 0) is 26.3 Å². The fourth-order valence-electron chi connectivity index (χ4n) is 3.37. The molecule has 1 atom stereocenters. The summed E-state index contributed by atoms with van der Waals surface area (Å²) in [6, 6.07) is 3.62. The molecule has 1 aliphatic heterocycles. The van der Waals surface area contributed by atoms with E-state index in [1.54, 1.807) is 17.7 Å². The highest BCUT2D eigenvalue weighted by Gasteiger charge is 2.40. The van der Waals surface area contributed by atoms with Crippen molar-refractivity contribution in [2.75, 3.05) is 6.61 Å². The molecule has 8 nitrogen and oxygen atoms in total. The van der Waals surface area contributed by atoms with Crippen LogP contribution in [0.25, 0.3) is 0 Å². The number of ether oxygens (including phenoxy) is 2. The largest absolute Gasteiger partial charge is 0.461 e. The monoisotopic (exact) mass is 356 g/mol. The highest BCUT2D eigenvalue weighted by Crippen LogP contribution is 2.43. The van der Waals surface area contributed by atoms with Gasteiger partial charge < -0.3 is 15.2 Å². The number of nitriles is 1. The minimum absolute atomic E-state index is 0.00696. The fourth-order valence-corrected chi connectivity index (χ4v) is 3.37. The summed E-state index contributed by atoms with van der Waals surface area (Å²) in [5.74, 6) is -0.811. The lowest BCUT2D eigenvalue weighted by Crippen LogP contribution is -2.28. The van der Waals surface area contributed by atoms with Crippen LogP contribution in [0.4, 0.5) is 0 Å². The first kappa shape index (κ1) is 17.7. The van der Waals surface area contributed by atoms with E-state index in [0.29, 0.717) is 42.8 Å². The number of Topliss-reactive ketones (excluding diaryl/α,β-unsaturated/α-hetero) is 1. The van der Waals surface area contributed by atoms with Gasteiger partial charge in [0.1, 0.15) is 17.4 Å². The maximum absolute atomic E-state index is 12.6. The summed E-state index contributed by atoms with van der Waals surface area (Å²) in [5, 5.41) is 13.9. The number of aromatic nitrogens is 2. The molecule has 1 aromatic heterocycles. The molecule has 0 saturated carbocycles. The predicted molar refractivity (Wildman–Crippen MR) is 90.4 cm³/mol. The van der Waals surface area contributed by atoms with Gasteiger partial charge in [0.05, 0.1) is 18.2 Å². The number of carbonyl (C=O) groups excluding carboxylic acids is 2. The molecule has 8 heteroatoms. The molecule has 0 spiro atoms. The number of carbonyl (C=O) groups is 2. The number of rotatable bonds is 4. The molecule has 0 saturated heterocycles. The van der Waals surface area contributed by atoms with Crippen molar-refractivity contribution in [3.05, 3.63) is 40.2 Å². The van der Waals surface area contributed by atoms with Gasteiger partial charge in [-0.1, -0.05) is 0 Å². The molecule has 0 aromatic carbocycles. The summed E-state index contributed by atoms with van der Waals surface area (Å²) < 4.78 is 12.2. The molecule has 1 aromatic rings. The van der Waals surface area contributed by atoms with Crippen molar-refractivity contribution in [3.8, 4) is 6.07 Å². The Hall–Kier alpha value is -3.08. The third kappa shape index (κ3) is 2.86. The molecular weight excluding hydrogens is 336 g/mol. The minimum atomic E-state index is -0.688. The highest BCUT2D eigenvalue weighted by atomic mass is 16.5. The number of ketones is 1. The predicted octanol–water partition coefficient (Wildman–Crippen LogP) is 1.89. The first-order valence-corrected chi connectivity index (χ1v) is 8.60. The van der Waals surface area contributed by atoms with Crippen LogP contribution >= 0.6 is 0 Å². The average Bonchev–Trinajstić information content (AvgIpc) is 3.05. The van der Waals surface area contributed by atoms with E-state index in [1.807, 2.05) is 6.92 Å². The van der Waals surface area contributed by atoms with Crippen LogP contribution in [-0.2, 0) is 20.8 Å². The van der Waals surface area contributed by atoms with Gasteiger partial charge in [0.15, 0.2) is 11.5 Å². The summed E-state index contributed by atoms with van der Waals surface area (Å²) in [4.78, 5) is 24.7. The van der Waals surface area contributed by atoms with E-state index in [0.717, 1.165) is 0 Å². The van der Waals surface area contributed by atoms with Gasteiger partial charge in [-0.2, -0.15) is 10.4 Å². The smallest absolute Gasteiger partial charge is 0.358 e. The summed E-state index contributed by atoms with van der Waals surface area (Å²) >= 11 is 0. The van der Waals surface area contributed by atoms with E-state index in [1.165, 1.54) is 0 Å². The second-order valence-corrected chi connectivity index (χ2v) is 6.03. The van der Waals surface area contributed by atoms with E-state index < -0.39 is 11.9 Å². The Kier molecular flexibility index (Phi) is 4.80. The van der Waals surface area contributed by atoms with Crippen LogP contribution < -0.4 is 5.73 Å². The molecule has 136 valence electrons. The summed E-state index contributed by atoms with van der Waals surface area (Å²) in [6.45, 7) is 4.26. The Morgan fingerprint density at radius 2 is 2.27 bits per heavy atom. The minimum Gasteiger partial charge on any atom is -0.461 e. The van der Waals surface area contributed by atoms with E-state index >= 15 is 0 Å². The van der Waals surface area contributed by atoms with Crippen LogP contribution in [0.2, 0.25) is 0 Å². The van der Waals surface area contributed by atoms with E-state index in [9.17, 15) is 14.9 Å². The zero-order valence-corrected chi connectivity index (χ0v) is 14.7. The molecule has 0 bridgehead atoms. The molecule has 0 fully saturated rings. The highest BCUT2D eigenvalue weighted by molar-refractivity contribution is 5.99. The van der Waals surface area contributed by atoms with E-state index in [-0.39, 0.29) is 29.5 Å². The maximum atomic E-state index is 12.6. The van der Waals surface area contributed by atoms with Crippen molar-refractivity contribution < 1.29 is 19.1 Å². The molecular formula is C18H20N4O4.